The number of piperidine rings is 1. The largest absolute Gasteiger partial charge is 0.416 e. The number of aryl methyl sites for hydroxylation is 1. The van der Waals surface area contributed by atoms with Crippen molar-refractivity contribution < 1.29 is 18.0 Å². The van der Waals surface area contributed by atoms with Gasteiger partial charge in [0.1, 0.15) is 0 Å². The molecule has 1 atom stereocenters. The van der Waals surface area contributed by atoms with Gasteiger partial charge in [0.2, 0.25) is 11.7 Å². The van der Waals surface area contributed by atoms with Crippen LogP contribution in [0.1, 0.15) is 29.0 Å². The molecule has 1 fully saturated rings. The van der Waals surface area contributed by atoms with Crippen molar-refractivity contribution in [2.75, 3.05) is 18.0 Å². The van der Waals surface area contributed by atoms with E-state index < -0.39 is 11.7 Å². The second-order valence-electron chi connectivity index (χ2n) is 7.23. The highest BCUT2D eigenvalue weighted by atomic mass is 19.4. The highest BCUT2D eigenvalue weighted by Gasteiger charge is 2.31. The van der Waals surface area contributed by atoms with Crippen molar-refractivity contribution in [2.45, 2.75) is 19.0 Å². The monoisotopic (exact) mass is 416 g/mol. The number of halogens is 3. The number of anilines is 1. The number of rotatable bonds is 4. The van der Waals surface area contributed by atoms with Crippen LogP contribution in [0, 0.1) is 5.92 Å². The number of carbonyl (C=O) groups is 1. The number of ketones is 1. The topological polar surface area (TPSA) is 76.8 Å². The van der Waals surface area contributed by atoms with Crippen molar-refractivity contribution in [1.82, 2.24) is 24.7 Å². The average molecular weight is 416 g/mol. The summed E-state index contributed by atoms with van der Waals surface area (Å²) >= 11 is 0. The van der Waals surface area contributed by atoms with E-state index >= 15 is 0 Å². The molecule has 1 aliphatic heterocycles. The van der Waals surface area contributed by atoms with Gasteiger partial charge in [-0.15, -0.1) is 5.10 Å². The van der Waals surface area contributed by atoms with Gasteiger partial charge in [0.15, 0.2) is 5.82 Å². The number of alkyl halides is 3. The molecule has 4 rings (SSSR count). The first kappa shape index (κ1) is 20.0. The molecule has 1 saturated heterocycles. The maximum atomic E-state index is 12.8. The van der Waals surface area contributed by atoms with Crippen LogP contribution in [0.15, 0.2) is 42.9 Å². The number of carbonyl (C=O) groups excluding carboxylic acids is 1. The predicted octanol–water partition coefficient (Wildman–Crippen LogP) is 3.39. The standard InChI is InChI=1S/C20H19F3N6O/c1-28-10-8-24-18(28)17(30)14-3-2-9-29(12-14)19-26-16(11-25-27-19)13-4-6-15(7-5-13)20(21,22)23/h4-8,10-11,14H,2-3,9,12H2,1H3. The molecule has 0 spiro atoms. The van der Waals surface area contributed by atoms with Gasteiger partial charge in [-0.1, -0.05) is 12.1 Å². The summed E-state index contributed by atoms with van der Waals surface area (Å²) in [5.74, 6) is 0.501. The Bertz CT molecular complexity index is 1050. The smallest absolute Gasteiger partial charge is 0.339 e. The predicted molar refractivity (Wildman–Crippen MR) is 103 cm³/mol. The van der Waals surface area contributed by atoms with Crippen molar-refractivity contribution in [3.05, 3.63) is 54.2 Å². The molecule has 1 aromatic carbocycles. The first-order chi connectivity index (χ1) is 14.3. The first-order valence-electron chi connectivity index (χ1n) is 9.47. The lowest BCUT2D eigenvalue weighted by molar-refractivity contribution is -0.137. The Hall–Kier alpha value is -3.30. The number of hydrogen-bond donors (Lipinski definition) is 0. The summed E-state index contributed by atoms with van der Waals surface area (Å²) in [6, 6.07) is 4.75. The van der Waals surface area contributed by atoms with Gasteiger partial charge >= 0.3 is 6.18 Å². The number of nitrogens with zero attached hydrogens (tertiary/aromatic N) is 6. The maximum absolute atomic E-state index is 12.8. The summed E-state index contributed by atoms with van der Waals surface area (Å²) in [6.45, 7) is 1.10. The van der Waals surface area contributed by atoms with E-state index in [2.05, 4.69) is 20.2 Å². The zero-order chi connectivity index (χ0) is 21.3. The van der Waals surface area contributed by atoms with E-state index in [4.69, 9.17) is 0 Å². The zero-order valence-corrected chi connectivity index (χ0v) is 16.2. The molecule has 1 unspecified atom stereocenters. The molecule has 7 nitrogen and oxygen atoms in total. The third kappa shape index (κ3) is 4.03. The quantitative estimate of drug-likeness (QED) is 0.607. The van der Waals surface area contributed by atoms with Gasteiger partial charge in [0, 0.05) is 44.0 Å². The van der Waals surface area contributed by atoms with Crippen LogP contribution in [0.2, 0.25) is 0 Å². The first-order valence-corrected chi connectivity index (χ1v) is 9.47. The van der Waals surface area contributed by atoms with Crippen LogP contribution in [0.3, 0.4) is 0 Å². The third-order valence-corrected chi connectivity index (χ3v) is 5.17. The summed E-state index contributed by atoms with van der Waals surface area (Å²) in [5, 5.41) is 8.04. The van der Waals surface area contributed by atoms with Crippen molar-refractivity contribution in [1.29, 1.82) is 0 Å². The number of benzene rings is 1. The molecular weight excluding hydrogens is 397 g/mol. The second-order valence-corrected chi connectivity index (χ2v) is 7.23. The molecular formula is C20H19F3N6O. The Morgan fingerprint density at radius 3 is 2.63 bits per heavy atom. The zero-order valence-electron chi connectivity index (χ0n) is 16.2. The Kier molecular flexibility index (Phi) is 5.23. The van der Waals surface area contributed by atoms with Crippen LogP contribution in [0.25, 0.3) is 11.3 Å². The fraction of sp³-hybridized carbons (Fsp3) is 0.350. The second kappa shape index (κ2) is 7.85. The minimum absolute atomic E-state index is 0.0287. The maximum Gasteiger partial charge on any atom is 0.416 e. The van der Waals surface area contributed by atoms with Crippen molar-refractivity contribution in [2.24, 2.45) is 13.0 Å². The third-order valence-electron chi connectivity index (χ3n) is 5.17. The van der Waals surface area contributed by atoms with Gasteiger partial charge in [-0.3, -0.25) is 4.79 Å². The molecule has 1 aliphatic rings. The molecule has 0 radical (unpaired) electrons. The number of aromatic nitrogens is 5. The minimum atomic E-state index is -4.39. The number of Topliss-reactive ketones (excluding diaryl/α,β-unsaturated/α-hetero) is 1. The van der Waals surface area contributed by atoms with Gasteiger partial charge in [-0.05, 0) is 25.0 Å². The van der Waals surface area contributed by atoms with Gasteiger partial charge in [-0.2, -0.15) is 18.3 Å². The van der Waals surface area contributed by atoms with Crippen molar-refractivity contribution >= 4 is 11.7 Å². The summed E-state index contributed by atoms with van der Waals surface area (Å²) in [5.41, 5.74) is 0.211. The molecule has 3 aromatic rings. The fourth-order valence-electron chi connectivity index (χ4n) is 3.56. The Morgan fingerprint density at radius 2 is 1.97 bits per heavy atom. The van der Waals surface area contributed by atoms with Gasteiger partial charge < -0.3 is 9.47 Å². The molecule has 0 N–H and O–H groups in total. The molecule has 30 heavy (non-hydrogen) atoms. The number of imidazole rings is 1. The SMILES string of the molecule is Cn1ccnc1C(=O)C1CCCN(c2nncc(-c3ccc(C(F)(F)F)cc3)n2)C1. The van der Waals surface area contributed by atoms with E-state index in [1.165, 1.54) is 18.3 Å². The van der Waals surface area contributed by atoms with Crippen LogP contribution in [-0.2, 0) is 13.2 Å². The lowest BCUT2D eigenvalue weighted by Crippen LogP contribution is -2.40. The lowest BCUT2D eigenvalue weighted by atomic mass is 9.93. The van der Waals surface area contributed by atoms with Crippen molar-refractivity contribution in [3.8, 4) is 11.3 Å². The minimum Gasteiger partial charge on any atom is -0.339 e. The summed E-state index contributed by atoms with van der Waals surface area (Å²) in [7, 11) is 1.78. The Labute approximate surface area is 170 Å². The molecule has 156 valence electrons. The van der Waals surface area contributed by atoms with E-state index in [0.717, 1.165) is 25.0 Å². The average Bonchev–Trinajstić information content (AvgIpc) is 3.19. The van der Waals surface area contributed by atoms with Crippen molar-refractivity contribution in [3.63, 3.8) is 0 Å². The molecule has 10 heteroatoms. The van der Waals surface area contributed by atoms with E-state index in [9.17, 15) is 18.0 Å². The van der Waals surface area contributed by atoms with Gasteiger partial charge in [0.25, 0.3) is 0 Å². The molecule has 0 amide bonds. The molecule has 2 aromatic heterocycles. The van der Waals surface area contributed by atoms with Crippen LogP contribution in [0.5, 0.6) is 0 Å². The van der Waals surface area contributed by atoms with Crippen LogP contribution < -0.4 is 4.90 Å². The fourth-order valence-corrected chi connectivity index (χ4v) is 3.56. The normalized spacial score (nSPS) is 17.2. The Morgan fingerprint density at radius 1 is 1.20 bits per heavy atom. The number of hydrogen-bond acceptors (Lipinski definition) is 6. The van der Waals surface area contributed by atoms with Crippen LogP contribution in [0.4, 0.5) is 19.1 Å². The van der Waals surface area contributed by atoms with E-state index in [1.807, 2.05) is 4.90 Å². The van der Waals surface area contributed by atoms with E-state index in [-0.39, 0.29) is 11.7 Å². The summed E-state index contributed by atoms with van der Waals surface area (Å²) < 4.78 is 40.0. The highest BCUT2D eigenvalue weighted by molar-refractivity contribution is 5.95. The van der Waals surface area contributed by atoms with Crippen LogP contribution in [-0.4, -0.2) is 43.6 Å². The van der Waals surface area contributed by atoms with E-state index in [1.54, 1.807) is 24.0 Å². The molecule has 0 aliphatic carbocycles. The summed E-state index contributed by atoms with van der Waals surface area (Å²) in [4.78, 5) is 23.3. The summed E-state index contributed by atoms with van der Waals surface area (Å²) in [6.07, 6.45) is 1.87. The highest BCUT2D eigenvalue weighted by Crippen LogP contribution is 2.31. The molecule has 0 bridgehead atoms. The van der Waals surface area contributed by atoms with Crippen LogP contribution >= 0.6 is 0 Å². The molecule has 0 saturated carbocycles. The van der Waals surface area contributed by atoms with E-state index in [0.29, 0.717) is 36.1 Å². The van der Waals surface area contributed by atoms with Gasteiger partial charge in [0.05, 0.1) is 17.5 Å². The Balaban J connectivity index is 1.53. The van der Waals surface area contributed by atoms with Gasteiger partial charge in [-0.25, -0.2) is 9.97 Å². The molecule has 3 heterocycles. The lowest BCUT2D eigenvalue weighted by Gasteiger charge is -2.31.